The fourth-order valence-corrected chi connectivity index (χ4v) is 2.81. The fraction of sp³-hybridized carbons (Fsp3) is 0.111. The molecule has 0 spiro atoms. The summed E-state index contributed by atoms with van der Waals surface area (Å²) < 4.78 is 47.1. The predicted molar refractivity (Wildman–Crippen MR) is 86.2 cm³/mol. The van der Waals surface area contributed by atoms with Crippen molar-refractivity contribution in [2.45, 2.75) is 13.3 Å². The van der Waals surface area contributed by atoms with Crippen molar-refractivity contribution in [3.8, 4) is 17.1 Å². The van der Waals surface area contributed by atoms with Crippen molar-refractivity contribution in [2.75, 3.05) is 0 Å². The molecule has 4 nitrogen and oxygen atoms in total. The molecule has 126 valence electrons. The summed E-state index contributed by atoms with van der Waals surface area (Å²) in [6.07, 6.45) is -1.24. The Hall–Kier alpha value is -3.09. The number of aromatic nitrogens is 3. The predicted octanol–water partition coefficient (Wildman–Crippen LogP) is 5.07. The first-order valence-corrected chi connectivity index (χ1v) is 7.53. The molecule has 4 rings (SSSR count). The highest BCUT2D eigenvalue weighted by Gasteiger charge is 2.22. The summed E-state index contributed by atoms with van der Waals surface area (Å²) in [5, 5.41) is 4.61. The van der Waals surface area contributed by atoms with E-state index in [1.165, 1.54) is 41.3 Å². The number of rotatable bonds is 3. The molecule has 7 heteroatoms. The van der Waals surface area contributed by atoms with Crippen molar-refractivity contribution in [2.24, 2.45) is 0 Å². The van der Waals surface area contributed by atoms with Crippen LogP contribution in [0.3, 0.4) is 0 Å². The lowest BCUT2D eigenvalue weighted by Crippen LogP contribution is -1.99. The number of halogens is 3. The molecule has 3 heterocycles. The molecule has 0 bridgehead atoms. The largest absolute Gasteiger partial charge is 0.463 e. The van der Waals surface area contributed by atoms with Crippen LogP contribution in [0.4, 0.5) is 13.2 Å². The molecule has 0 aliphatic carbocycles. The van der Waals surface area contributed by atoms with Gasteiger partial charge in [0.05, 0.1) is 23.0 Å². The van der Waals surface area contributed by atoms with Gasteiger partial charge in [-0.2, -0.15) is 5.10 Å². The van der Waals surface area contributed by atoms with Gasteiger partial charge in [0, 0.05) is 5.56 Å². The molecule has 0 aliphatic heterocycles. The first kappa shape index (κ1) is 15.4. The van der Waals surface area contributed by atoms with Gasteiger partial charge in [0.15, 0.2) is 11.4 Å². The second-order valence-corrected chi connectivity index (χ2v) is 5.55. The minimum absolute atomic E-state index is 0.165. The van der Waals surface area contributed by atoms with Gasteiger partial charge in [-0.25, -0.2) is 22.8 Å². The van der Waals surface area contributed by atoms with Gasteiger partial charge in [-0.3, -0.25) is 0 Å². The number of aryl methyl sites for hydroxylation is 1. The molecule has 0 atom stereocenters. The molecule has 0 saturated heterocycles. The highest BCUT2D eigenvalue weighted by molar-refractivity contribution is 5.86. The van der Waals surface area contributed by atoms with Crippen molar-refractivity contribution in [1.82, 2.24) is 14.8 Å². The summed E-state index contributed by atoms with van der Waals surface area (Å²) in [7, 11) is 0. The average Bonchev–Trinajstić information content (AvgIpc) is 3.23. The van der Waals surface area contributed by atoms with E-state index >= 15 is 0 Å². The zero-order valence-electron chi connectivity index (χ0n) is 13.1. The highest BCUT2D eigenvalue weighted by atomic mass is 19.3. The third-order valence-electron chi connectivity index (χ3n) is 3.92. The fourth-order valence-electron chi connectivity index (χ4n) is 2.81. The summed E-state index contributed by atoms with van der Waals surface area (Å²) in [4.78, 5) is 4.46. The molecule has 0 amide bonds. The van der Waals surface area contributed by atoms with Crippen molar-refractivity contribution in [1.29, 1.82) is 0 Å². The topological polar surface area (TPSA) is 43.9 Å². The van der Waals surface area contributed by atoms with Gasteiger partial charge >= 0.3 is 0 Å². The first-order chi connectivity index (χ1) is 12.0. The van der Waals surface area contributed by atoms with Crippen LogP contribution in [0.1, 0.15) is 17.7 Å². The molecule has 0 N–H and O–H groups in total. The maximum absolute atomic E-state index is 13.6. The van der Waals surface area contributed by atoms with Gasteiger partial charge in [-0.05, 0) is 49.4 Å². The van der Waals surface area contributed by atoms with Crippen LogP contribution >= 0.6 is 0 Å². The van der Waals surface area contributed by atoms with E-state index in [4.69, 9.17) is 4.42 Å². The van der Waals surface area contributed by atoms with E-state index in [0.29, 0.717) is 17.1 Å². The summed E-state index contributed by atoms with van der Waals surface area (Å²) in [6, 6.07) is 10.2. The van der Waals surface area contributed by atoms with Crippen LogP contribution in [0.5, 0.6) is 0 Å². The Bertz CT molecular complexity index is 1040. The van der Waals surface area contributed by atoms with E-state index in [1.807, 2.05) is 0 Å². The molecule has 0 fully saturated rings. The van der Waals surface area contributed by atoms with Crippen LogP contribution in [-0.2, 0) is 0 Å². The molecular formula is C18H12F3N3O. The van der Waals surface area contributed by atoms with Crippen LogP contribution in [0.15, 0.2) is 53.1 Å². The molecule has 0 aliphatic rings. The number of benzene rings is 1. The maximum atomic E-state index is 13.6. The standard InChI is InChI=1S/C18H12F3N3O/c1-10-16-13(17(20)21)9-14(15-3-2-8-25-15)22-18(16)24(23-10)12-6-4-11(19)5-7-12/h2-9,17H,1H3. The van der Waals surface area contributed by atoms with E-state index in [2.05, 4.69) is 10.1 Å². The van der Waals surface area contributed by atoms with Gasteiger partial charge in [0.2, 0.25) is 0 Å². The second-order valence-electron chi connectivity index (χ2n) is 5.55. The van der Waals surface area contributed by atoms with E-state index in [-0.39, 0.29) is 22.3 Å². The molecule has 0 saturated carbocycles. The summed E-state index contributed by atoms with van der Waals surface area (Å²) in [6.45, 7) is 1.64. The number of furan rings is 1. The SMILES string of the molecule is Cc1nn(-c2ccc(F)cc2)c2nc(-c3ccco3)cc(C(F)F)c12. The lowest BCUT2D eigenvalue weighted by molar-refractivity contribution is 0.153. The normalized spacial score (nSPS) is 11.6. The third-order valence-corrected chi connectivity index (χ3v) is 3.92. The summed E-state index contributed by atoms with van der Waals surface area (Å²) in [5.41, 5.74) is 1.35. The molecule has 0 unspecified atom stereocenters. The minimum atomic E-state index is -2.69. The smallest absolute Gasteiger partial charge is 0.264 e. The summed E-state index contributed by atoms with van der Waals surface area (Å²) in [5.74, 6) is -0.0113. The van der Waals surface area contributed by atoms with Gasteiger partial charge in [-0.15, -0.1) is 0 Å². The van der Waals surface area contributed by atoms with Crippen molar-refractivity contribution in [3.63, 3.8) is 0 Å². The minimum Gasteiger partial charge on any atom is -0.463 e. The average molecular weight is 343 g/mol. The van der Waals surface area contributed by atoms with Gasteiger partial charge in [0.25, 0.3) is 6.43 Å². The lowest BCUT2D eigenvalue weighted by Gasteiger charge is -2.07. The molecular weight excluding hydrogens is 331 g/mol. The molecule has 0 radical (unpaired) electrons. The van der Waals surface area contributed by atoms with Gasteiger partial charge in [-0.1, -0.05) is 0 Å². The molecule has 1 aromatic carbocycles. The Morgan fingerprint density at radius 2 is 1.88 bits per heavy atom. The zero-order chi connectivity index (χ0) is 17.6. The zero-order valence-corrected chi connectivity index (χ0v) is 13.1. The van der Waals surface area contributed by atoms with Crippen LogP contribution in [0.2, 0.25) is 0 Å². The Kier molecular flexibility index (Phi) is 3.56. The Labute approximate surface area is 140 Å². The van der Waals surface area contributed by atoms with E-state index < -0.39 is 12.2 Å². The summed E-state index contributed by atoms with van der Waals surface area (Å²) >= 11 is 0. The monoisotopic (exact) mass is 343 g/mol. The lowest BCUT2D eigenvalue weighted by atomic mass is 10.1. The van der Waals surface area contributed by atoms with Crippen LogP contribution in [0.25, 0.3) is 28.2 Å². The number of pyridine rings is 1. The Morgan fingerprint density at radius 3 is 2.52 bits per heavy atom. The van der Waals surface area contributed by atoms with Crippen LogP contribution in [-0.4, -0.2) is 14.8 Å². The Balaban J connectivity index is 2.03. The van der Waals surface area contributed by atoms with Gasteiger partial charge in [0.1, 0.15) is 11.5 Å². The number of fused-ring (bicyclic) bond motifs is 1. The molecule has 3 aromatic heterocycles. The van der Waals surface area contributed by atoms with Crippen LogP contribution < -0.4 is 0 Å². The molecule has 25 heavy (non-hydrogen) atoms. The van der Waals surface area contributed by atoms with Crippen molar-refractivity contribution < 1.29 is 17.6 Å². The quantitative estimate of drug-likeness (QED) is 0.522. The van der Waals surface area contributed by atoms with Crippen LogP contribution in [0, 0.1) is 12.7 Å². The number of nitrogens with zero attached hydrogens (tertiary/aromatic N) is 3. The Morgan fingerprint density at radius 1 is 1.12 bits per heavy atom. The molecule has 4 aromatic rings. The highest BCUT2D eigenvalue weighted by Crippen LogP contribution is 2.34. The third kappa shape index (κ3) is 2.57. The number of alkyl halides is 2. The second kappa shape index (κ2) is 5.77. The van der Waals surface area contributed by atoms with Crippen molar-refractivity contribution >= 4 is 11.0 Å². The number of hydrogen-bond donors (Lipinski definition) is 0. The van der Waals surface area contributed by atoms with E-state index in [9.17, 15) is 13.2 Å². The maximum Gasteiger partial charge on any atom is 0.264 e. The number of hydrogen-bond acceptors (Lipinski definition) is 3. The van der Waals surface area contributed by atoms with Gasteiger partial charge < -0.3 is 4.42 Å². The first-order valence-electron chi connectivity index (χ1n) is 7.53. The van der Waals surface area contributed by atoms with Crippen molar-refractivity contribution in [3.05, 3.63) is 65.8 Å². The van der Waals surface area contributed by atoms with E-state index in [0.717, 1.165) is 0 Å². The van der Waals surface area contributed by atoms with E-state index in [1.54, 1.807) is 19.1 Å².